The van der Waals surface area contributed by atoms with E-state index in [-0.39, 0.29) is 12.4 Å². The normalized spacial score (nSPS) is 19.4. The van der Waals surface area contributed by atoms with E-state index in [1.807, 2.05) is 0 Å². The molecule has 4 rings (SSSR count). The number of carbonyl (C=O) groups excluding carboxylic acids is 2. The highest BCUT2D eigenvalue weighted by atomic mass is 35.5. The first-order valence-electron chi connectivity index (χ1n) is 8.39. The van der Waals surface area contributed by atoms with Crippen LogP contribution in [-0.4, -0.2) is 21.8 Å². The largest absolute Gasteiger partial charge is 0.459 e. The van der Waals surface area contributed by atoms with Crippen LogP contribution in [0.25, 0.3) is 11.7 Å². The molecule has 1 saturated heterocycles. The summed E-state index contributed by atoms with van der Waals surface area (Å²) in [6.45, 7) is 3.31. The molecule has 1 aromatic carbocycles. The van der Waals surface area contributed by atoms with Crippen LogP contribution in [0.3, 0.4) is 0 Å². The van der Waals surface area contributed by atoms with Crippen molar-refractivity contribution in [3.8, 4) is 11.7 Å². The number of aromatic nitrogens is 1. The van der Waals surface area contributed by atoms with Crippen LogP contribution in [0.1, 0.15) is 23.9 Å². The summed E-state index contributed by atoms with van der Waals surface area (Å²) in [7, 11) is 0. The minimum Gasteiger partial charge on any atom is -0.459 e. The van der Waals surface area contributed by atoms with Crippen molar-refractivity contribution in [1.29, 1.82) is 0 Å². The lowest BCUT2D eigenvalue weighted by atomic mass is 9.92. The molecule has 3 heterocycles. The fourth-order valence-corrected chi connectivity index (χ4v) is 3.37. The summed E-state index contributed by atoms with van der Waals surface area (Å²) >= 11 is 12.0. The smallest absolute Gasteiger partial charge is 0.325 e. The predicted octanol–water partition coefficient (Wildman–Crippen LogP) is 4.52. The number of imide groups is 1. The first-order chi connectivity index (χ1) is 13.3. The summed E-state index contributed by atoms with van der Waals surface area (Å²) in [4.78, 5) is 31.1. The van der Waals surface area contributed by atoms with Gasteiger partial charge in [-0.2, -0.15) is 0 Å². The van der Waals surface area contributed by atoms with Crippen LogP contribution in [0.4, 0.5) is 4.79 Å². The number of urea groups is 1. The number of nitrogens with zero attached hydrogens (tertiary/aromatic N) is 2. The summed E-state index contributed by atoms with van der Waals surface area (Å²) in [6, 6.07) is 7.72. The molecular formula is C19H15Cl2N3O4. The third-order valence-corrected chi connectivity index (χ3v) is 5.44. The van der Waals surface area contributed by atoms with Crippen LogP contribution in [0.5, 0.6) is 0 Å². The maximum absolute atomic E-state index is 13.1. The molecule has 28 heavy (non-hydrogen) atoms. The summed E-state index contributed by atoms with van der Waals surface area (Å²) in [5, 5.41) is 3.40. The van der Waals surface area contributed by atoms with E-state index >= 15 is 0 Å². The summed E-state index contributed by atoms with van der Waals surface area (Å²) in [5.74, 6) is 0.831. The zero-order chi connectivity index (χ0) is 20.1. The van der Waals surface area contributed by atoms with Gasteiger partial charge in [-0.15, -0.1) is 0 Å². The van der Waals surface area contributed by atoms with Crippen LogP contribution in [0.15, 0.2) is 45.4 Å². The van der Waals surface area contributed by atoms with Gasteiger partial charge < -0.3 is 14.2 Å². The lowest BCUT2D eigenvalue weighted by molar-refractivity contribution is -0.131. The van der Waals surface area contributed by atoms with E-state index in [4.69, 9.17) is 32.0 Å². The molecule has 0 saturated carbocycles. The van der Waals surface area contributed by atoms with Crippen molar-refractivity contribution < 1.29 is 18.4 Å². The van der Waals surface area contributed by atoms with Crippen molar-refractivity contribution in [2.45, 2.75) is 25.9 Å². The molecule has 3 aromatic rings. The standard InChI is InChI=1S/C19H15Cl2N3O4/c1-10-14(22-16(28-10)15-4-3-7-27-15)9-24-17(25)19(2,23-18(24)26)11-5-6-12(20)13(21)8-11/h3-8H,9H2,1-2H3,(H,23,26). The Morgan fingerprint density at radius 1 is 1.21 bits per heavy atom. The number of carbonyl (C=O) groups is 2. The SMILES string of the molecule is Cc1oc(-c2ccco2)nc1CN1C(=O)NC(C)(c2ccc(Cl)c(Cl)c2)C1=O. The molecule has 0 radical (unpaired) electrons. The van der Waals surface area contributed by atoms with Crippen molar-refractivity contribution in [2.75, 3.05) is 0 Å². The lowest BCUT2D eigenvalue weighted by Crippen LogP contribution is -2.40. The molecule has 1 fully saturated rings. The highest BCUT2D eigenvalue weighted by Crippen LogP contribution is 2.34. The Labute approximate surface area is 170 Å². The minimum atomic E-state index is -1.26. The highest BCUT2D eigenvalue weighted by molar-refractivity contribution is 6.42. The van der Waals surface area contributed by atoms with Crippen molar-refractivity contribution in [3.63, 3.8) is 0 Å². The minimum absolute atomic E-state index is 0.0301. The maximum Gasteiger partial charge on any atom is 0.325 e. The molecule has 2 aromatic heterocycles. The number of rotatable bonds is 4. The van der Waals surface area contributed by atoms with Gasteiger partial charge in [-0.3, -0.25) is 9.69 Å². The number of halogens is 2. The monoisotopic (exact) mass is 419 g/mol. The third kappa shape index (κ3) is 2.96. The van der Waals surface area contributed by atoms with E-state index < -0.39 is 17.5 Å². The van der Waals surface area contributed by atoms with Crippen molar-refractivity contribution in [3.05, 3.63) is 63.7 Å². The van der Waals surface area contributed by atoms with E-state index in [0.717, 1.165) is 4.90 Å². The molecule has 1 N–H and O–H groups in total. The van der Waals surface area contributed by atoms with Gasteiger partial charge in [0.2, 0.25) is 0 Å². The van der Waals surface area contributed by atoms with Crippen molar-refractivity contribution >= 4 is 35.1 Å². The highest BCUT2D eigenvalue weighted by Gasteiger charge is 2.49. The van der Waals surface area contributed by atoms with Crippen LogP contribution in [-0.2, 0) is 16.9 Å². The molecule has 0 spiro atoms. The van der Waals surface area contributed by atoms with Gasteiger partial charge in [-0.05, 0) is 43.7 Å². The zero-order valence-corrected chi connectivity index (χ0v) is 16.5. The van der Waals surface area contributed by atoms with Gasteiger partial charge in [0.25, 0.3) is 11.8 Å². The lowest BCUT2D eigenvalue weighted by Gasteiger charge is -2.22. The second-order valence-electron chi connectivity index (χ2n) is 6.57. The second kappa shape index (κ2) is 6.68. The molecular weight excluding hydrogens is 405 g/mol. The van der Waals surface area contributed by atoms with Gasteiger partial charge in [-0.1, -0.05) is 29.3 Å². The van der Waals surface area contributed by atoms with Gasteiger partial charge in [0.05, 0.1) is 22.9 Å². The van der Waals surface area contributed by atoms with Crippen LogP contribution < -0.4 is 5.32 Å². The average molecular weight is 420 g/mol. The Bertz CT molecular complexity index is 1080. The quantitative estimate of drug-likeness (QED) is 0.628. The molecule has 7 nitrogen and oxygen atoms in total. The van der Waals surface area contributed by atoms with Gasteiger partial charge >= 0.3 is 6.03 Å². The molecule has 1 aliphatic rings. The number of oxazole rings is 1. The number of nitrogens with one attached hydrogen (secondary N) is 1. The van der Waals surface area contributed by atoms with Gasteiger partial charge in [0.1, 0.15) is 17.0 Å². The fourth-order valence-electron chi connectivity index (χ4n) is 3.07. The van der Waals surface area contributed by atoms with Gasteiger partial charge in [-0.25, -0.2) is 9.78 Å². The zero-order valence-electron chi connectivity index (χ0n) is 15.0. The number of hydrogen-bond acceptors (Lipinski definition) is 5. The molecule has 1 aliphatic heterocycles. The average Bonchev–Trinajstić information content (AvgIpc) is 3.35. The van der Waals surface area contributed by atoms with Crippen molar-refractivity contribution in [1.82, 2.24) is 15.2 Å². The Balaban J connectivity index is 1.62. The molecule has 1 unspecified atom stereocenters. The number of furan rings is 1. The summed E-state index contributed by atoms with van der Waals surface area (Å²) < 4.78 is 10.9. The number of benzene rings is 1. The van der Waals surface area contributed by atoms with E-state index in [0.29, 0.717) is 32.8 Å². The molecule has 1 atom stereocenters. The second-order valence-corrected chi connectivity index (χ2v) is 7.39. The molecule has 0 bridgehead atoms. The van der Waals surface area contributed by atoms with Crippen molar-refractivity contribution in [2.24, 2.45) is 0 Å². The molecule has 0 aliphatic carbocycles. The summed E-state index contributed by atoms with van der Waals surface area (Å²) in [6.07, 6.45) is 1.51. The van der Waals surface area contributed by atoms with E-state index in [1.165, 1.54) is 6.26 Å². The van der Waals surface area contributed by atoms with E-state index in [2.05, 4.69) is 10.3 Å². The predicted molar refractivity (Wildman–Crippen MR) is 102 cm³/mol. The van der Waals surface area contributed by atoms with Crippen LogP contribution in [0, 0.1) is 6.92 Å². The Hall–Kier alpha value is -2.77. The fraction of sp³-hybridized carbons (Fsp3) is 0.211. The number of amides is 3. The van der Waals surface area contributed by atoms with Crippen LogP contribution in [0.2, 0.25) is 10.0 Å². The number of aryl methyl sites for hydroxylation is 1. The van der Waals surface area contributed by atoms with Crippen LogP contribution >= 0.6 is 23.2 Å². The van der Waals surface area contributed by atoms with E-state index in [9.17, 15) is 9.59 Å². The van der Waals surface area contributed by atoms with Gasteiger partial charge in [0.15, 0.2) is 5.76 Å². The van der Waals surface area contributed by atoms with Gasteiger partial charge in [0, 0.05) is 0 Å². The third-order valence-electron chi connectivity index (χ3n) is 4.70. The Morgan fingerprint density at radius 3 is 2.68 bits per heavy atom. The Kier molecular flexibility index (Phi) is 4.44. The first kappa shape index (κ1) is 18.6. The maximum atomic E-state index is 13.1. The molecule has 9 heteroatoms. The molecule has 144 valence electrons. The summed E-state index contributed by atoms with van der Waals surface area (Å²) in [5.41, 5.74) is -0.253. The number of hydrogen-bond donors (Lipinski definition) is 1. The Morgan fingerprint density at radius 2 is 2.00 bits per heavy atom. The topological polar surface area (TPSA) is 88.6 Å². The molecule has 3 amide bonds. The van der Waals surface area contributed by atoms with E-state index in [1.54, 1.807) is 44.2 Å². The first-order valence-corrected chi connectivity index (χ1v) is 9.15.